The van der Waals surface area contributed by atoms with Crippen LogP contribution < -0.4 is 5.32 Å². The Labute approximate surface area is 161 Å². The lowest BCUT2D eigenvalue weighted by Gasteiger charge is -2.14. The molecular formula is C18H17Cl2N5O. The normalized spacial score (nSPS) is 12.0. The zero-order valence-corrected chi connectivity index (χ0v) is 15.8. The summed E-state index contributed by atoms with van der Waals surface area (Å²) in [6, 6.07) is 12.8. The van der Waals surface area contributed by atoms with Crippen LogP contribution in [0.25, 0.3) is 11.4 Å². The lowest BCUT2D eigenvalue weighted by Crippen LogP contribution is -2.30. The smallest absolute Gasteiger partial charge is 0.244 e. The minimum absolute atomic E-state index is 0.0233. The number of tetrazole rings is 1. The molecule has 0 aliphatic carbocycles. The molecule has 1 amide bonds. The molecule has 1 aromatic heterocycles. The van der Waals surface area contributed by atoms with Gasteiger partial charge in [-0.2, -0.15) is 4.80 Å². The van der Waals surface area contributed by atoms with E-state index in [0.717, 1.165) is 16.7 Å². The highest BCUT2D eigenvalue weighted by atomic mass is 35.5. The number of hydrogen-bond acceptors (Lipinski definition) is 4. The molecule has 0 fully saturated rings. The molecule has 0 aliphatic heterocycles. The van der Waals surface area contributed by atoms with Crippen LogP contribution in [0.3, 0.4) is 0 Å². The summed E-state index contributed by atoms with van der Waals surface area (Å²) in [5.74, 6) is 0.269. The molecule has 2 aromatic carbocycles. The number of aromatic nitrogens is 4. The van der Waals surface area contributed by atoms with Gasteiger partial charge < -0.3 is 5.32 Å². The quantitative estimate of drug-likeness (QED) is 0.719. The first-order valence-electron chi connectivity index (χ1n) is 8.02. The van der Waals surface area contributed by atoms with Crippen LogP contribution in [0.4, 0.5) is 0 Å². The van der Waals surface area contributed by atoms with E-state index in [0.29, 0.717) is 15.9 Å². The third-order valence-electron chi connectivity index (χ3n) is 3.94. The van der Waals surface area contributed by atoms with Crippen molar-refractivity contribution in [3.05, 3.63) is 63.6 Å². The highest BCUT2D eigenvalue weighted by molar-refractivity contribution is 6.42. The molecule has 1 atom stereocenters. The monoisotopic (exact) mass is 389 g/mol. The van der Waals surface area contributed by atoms with Crippen molar-refractivity contribution >= 4 is 29.1 Å². The number of nitrogens with one attached hydrogen (secondary N) is 1. The van der Waals surface area contributed by atoms with Crippen molar-refractivity contribution in [1.29, 1.82) is 0 Å². The molecule has 0 radical (unpaired) electrons. The molecule has 3 aromatic rings. The standard InChI is InChI=1S/C18H17Cl2N5O/c1-11-5-3-4-6-14(11)18-22-24-25(23-18)10-17(26)21-12(2)13-7-8-15(19)16(20)9-13/h3-9,12H,10H2,1-2H3,(H,21,26)/t12-/m0/s1. The summed E-state index contributed by atoms with van der Waals surface area (Å²) in [6.07, 6.45) is 0. The fraction of sp³-hybridized carbons (Fsp3) is 0.222. The summed E-state index contributed by atoms with van der Waals surface area (Å²) in [6.45, 7) is 3.82. The van der Waals surface area contributed by atoms with Crippen LogP contribution >= 0.6 is 23.2 Å². The van der Waals surface area contributed by atoms with Crippen molar-refractivity contribution in [2.45, 2.75) is 26.4 Å². The summed E-state index contributed by atoms with van der Waals surface area (Å²) in [5.41, 5.74) is 2.80. The van der Waals surface area contributed by atoms with E-state index in [9.17, 15) is 4.79 Å². The van der Waals surface area contributed by atoms with Crippen molar-refractivity contribution in [3.63, 3.8) is 0 Å². The van der Waals surface area contributed by atoms with Crippen molar-refractivity contribution in [3.8, 4) is 11.4 Å². The van der Waals surface area contributed by atoms with Crippen molar-refractivity contribution in [2.24, 2.45) is 0 Å². The van der Waals surface area contributed by atoms with Crippen molar-refractivity contribution < 1.29 is 4.79 Å². The number of nitrogens with zero attached hydrogens (tertiary/aromatic N) is 4. The van der Waals surface area contributed by atoms with Gasteiger partial charge in [-0.3, -0.25) is 4.79 Å². The van der Waals surface area contributed by atoms with Gasteiger partial charge in [-0.05, 0) is 42.3 Å². The molecule has 1 heterocycles. The van der Waals surface area contributed by atoms with Gasteiger partial charge in [0.1, 0.15) is 6.54 Å². The topological polar surface area (TPSA) is 72.7 Å². The van der Waals surface area contributed by atoms with Crippen LogP contribution in [-0.4, -0.2) is 26.1 Å². The fourth-order valence-corrected chi connectivity index (χ4v) is 2.83. The molecule has 3 rings (SSSR count). The van der Waals surface area contributed by atoms with Crippen LogP contribution in [0.15, 0.2) is 42.5 Å². The number of hydrogen-bond donors (Lipinski definition) is 1. The van der Waals surface area contributed by atoms with Gasteiger partial charge in [-0.15, -0.1) is 10.2 Å². The van der Waals surface area contributed by atoms with Crippen LogP contribution in [0, 0.1) is 6.92 Å². The molecule has 0 bridgehead atoms. The van der Waals surface area contributed by atoms with E-state index >= 15 is 0 Å². The van der Waals surface area contributed by atoms with Gasteiger partial charge in [0.25, 0.3) is 0 Å². The molecule has 8 heteroatoms. The van der Waals surface area contributed by atoms with Crippen LogP contribution in [0.5, 0.6) is 0 Å². The van der Waals surface area contributed by atoms with Gasteiger partial charge in [0.2, 0.25) is 11.7 Å². The fourth-order valence-electron chi connectivity index (χ4n) is 2.52. The number of aryl methyl sites for hydroxylation is 1. The number of halogens is 2. The third-order valence-corrected chi connectivity index (χ3v) is 4.68. The number of amides is 1. The van der Waals surface area contributed by atoms with Gasteiger partial charge >= 0.3 is 0 Å². The molecule has 1 N–H and O–H groups in total. The Morgan fingerprint density at radius 2 is 1.96 bits per heavy atom. The van der Waals surface area contributed by atoms with Crippen LogP contribution in [0.2, 0.25) is 10.0 Å². The number of carbonyl (C=O) groups is 1. The first-order valence-corrected chi connectivity index (χ1v) is 8.78. The van der Waals surface area contributed by atoms with E-state index in [2.05, 4.69) is 20.7 Å². The molecule has 0 saturated carbocycles. The number of rotatable bonds is 5. The second-order valence-electron chi connectivity index (χ2n) is 5.92. The highest BCUT2D eigenvalue weighted by Crippen LogP contribution is 2.25. The summed E-state index contributed by atoms with van der Waals surface area (Å²) < 4.78 is 0. The molecule has 0 spiro atoms. The Balaban J connectivity index is 1.65. The van der Waals surface area contributed by atoms with E-state index in [1.165, 1.54) is 4.80 Å². The average Bonchev–Trinajstić information content (AvgIpc) is 3.05. The second-order valence-corrected chi connectivity index (χ2v) is 6.74. The molecule has 0 saturated heterocycles. The average molecular weight is 390 g/mol. The summed E-state index contributed by atoms with van der Waals surface area (Å²) in [4.78, 5) is 13.5. The highest BCUT2D eigenvalue weighted by Gasteiger charge is 2.14. The van der Waals surface area contributed by atoms with Crippen LogP contribution in [0.1, 0.15) is 24.1 Å². The zero-order chi connectivity index (χ0) is 18.7. The Morgan fingerprint density at radius 1 is 1.19 bits per heavy atom. The lowest BCUT2D eigenvalue weighted by atomic mass is 10.1. The molecular weight excluding hydrogens is 373 g/mol. The molecule has 26 heavy (non-hydrogen) atoms. The van der Waals surface area contributed by atoms with E-state index in [1.54, 1.807) is 12.1 Å². The van der Waals surface area contributed by atoms with E-state index in [-0.39, 0.29) is 18.5 Å². The molecule has 0 unspecified atom stereocenters. The predicted molar refractivity (Wildman–Crippen MR) is 101 cm³/mol. The van der Waals surface area contributed by atoms with Crippen molar-refractivity contribution in [1.82, 2.24) is 25.5 Å². The maximum Gasteiger partial charge on any atom is 0.244 e. The molecule has 0 aliphatic rings. The van der Waals surface area contributed by atoms with Gasteiger partial charge in [-0.25, -0.2) is 0 Å². The minimum atomic E-state index is -0.225. The SMILES string of the molecule is Cc1ccccc1-c1nnn(CC(=O)N[C@@H](C)c2ccc(Cl)c(Cl)c2)n1. The number of carbonyl (C=O) groups excluding carboxylic acids is 1. The maximum atomic E-state index is 12.3. The minimum Gasteiger partial charge on any atom is -0.348 e. The maximum absolute atomic E-state index is 12.3. The zero-order valence-electron chi connectivity index (χ0n) is 14.3. The van der Waals surface area contributed by atoms with Gasteiger partial charge in [0, 0.05) is 5.56 Å². The largest absolute Gasteiger partial charge is 0.348 e. The first-order chi connectivity index (χ1) is 12.4. The van der Waals surface area contributed by atoms with Gasteiger partial charge in [0.15, 0.2) is 0 Å². The summed E-state index contributed by atoms with van der Waals surface area (Å²) in [5, 5.41) is 16.1. The Bertz CT molecular complexity index is 941. The summed E-state index contributed by atoms with van der Waals surface area (Å²) >= 11 is 11.9. The van der Waals surface area contributed by atoms with Gasteiger partial charge in [0.05, 0.1) is 16.1 Å². The van der Waals surface area contributed by atoms with E-state index < -0.39 is 0 Å². The second kappa shape index (κ2) is 7.85. The van der Waals surface area contributed by atoms with Crippen LogP contribution in [-0.2, 0) is 11.3 Å². The molecule has 6 nitrogen and oxygen atoms in total. The Kier molecular flexibility index (Phi) is 5.54. The van der Waals surface area contributed by atoms with E-state index in [1.807, 2.05) is 44.2 Å². The number of benzene rings is 2. The first kappa shape index (κ1) is 18.4. The third kappa shape index (κ3) is 4.20. The van der Waals surface area contributed by atoms with E-state index in [4.69, 9.17) is 23.2 Å². The predicted octanol–water partition coefficient (Wildman–Crippen LogP) is 3.83. The Morgan fingerprint density at radius 3 is 2.69 bits per heavy atom. The van der Waals surface area contributed by atoms with Crippen molar-refractivity contribution in [2.75, 3.05) is 0 Å². The molecule has 134 valence electrons. The Hall–Kier alpha value is -2.44. The summed E-state index contributed by atoms with van der Waals surface area (Å²) in [7, 11) is 0. The van der Waals surface area contributed by atoms with Gasteiger partial charge in [-0.1, -0.05) is 53.5 Å². The lowest BCUT2D eigenvalue weighted by molar-refractivity contribution is -0.122.